The molecule has 0 atom stereocenters. The largest absolute Gasteiger partial charge is 0.491 e. The first kappa shape index (κ1) is 14.1. The minimum Gasteiger partial charge on any atom is -0.491 e. The molecule has 2 heterocycles. The monoisotopic (exact) mass is 292 g/mol. The van der Waals surface area contributed by atoms with Crippen LogP contribution in [0.1, 0.15) is 19.3 Å². The minimum atomic E-state index is 0.842. The van der Waals surface area contributed by atoms with E-state index >= 15 is 0 Å². The molecule has 3 rings (SSSR count). The Kier molecular flexibility index (Phi) is 5.09. The van der Waals surface area contributed by atoms with Gasteiger partial charge in [0.15, 0.2) is 0 Å². The first-order valence-electron chi connectivity index (χ1n) is 7.72. The Hall–Kier alpha value is -0.870. The summed E-state index contributed by atoms with van der Waals surface area (Å²) in [5, 5.41) is 4.29. The van der Waals surface area contributed by atoms with Gasteiger partial charge >= 0.3 is 0 Å². The van der Waals surface area contributed by atoms with Crippen LogP contribution >= 0.6 is 11.8 Å². The molecule has 1 aromatic carbocycles. The van der Waals surface area contributed by atoms with Crippen molar-refractivity contribution in [2.75, 3.05) is 43.4 Å². The van der Waals surface area contributed by atoms with Crippen LogP contribution in [0.3, 0.4) is 0 Å². The summed E-state index contributed by atoms with van der Waals surface area (Å²) in [5.41, 5.74) is 1.27. The van der Waals surface area contributed by atoms with Crippen molar-refractivity contribution in [1.82, 2.24) is 5.32 Å². The maximum atomic E-state index is 5.82. The number of hydrogen-bond acceptors (Lipinski definition) is 4. The number of hydrogen-bond donors (Lipinski definition) is 1. The van der Waals surface area contributed by atoms with Crippen LogP contribution in [0, 0.1) is 0 Å². The normalized spacial score (nSPS) is 20.1. The number of ether oxygens (including phenoxy) is 1. The van der Waals surface area contributed by atoms with Crippen molar-refractivity contribution in [3.8, 4) is 5.75 Å². The number of thioether (sulfide) groups is 1. The van der Waals surface area contributed by atoms with E-state index in [9.17, 15) is 0 Å². The highest BCUT2D eigenvalue weighted by atomic mass is 32.2. The van der Waals surface area contributed by atoms with E-state index in [-0.39, 0.29) is 0 Å². The molecule has 3 nitrogen and oxygen atoms in total. The Morgan fingerprint density at radius 3 is 3.00 bits per heavy atom. The molecule has 110 valence electrons. The molecule has 20 heavy (non-hydrogen) atoms. The lowest BCUT2D eigenvalue weighted by Gasteiger charge is -2.26. The standard InChI is InChI=1S/C16H24N2OS/c1-2-5-16-15(4-1)18(10-3-12-19-16)11-13-20-14-6-8-17-9-7-14/h1-2,4-5,14,17H,3,6-13H2. The fraction of sp³-hybridized carbons (Fsp3) is 0.625. The Morgan fingerprint density at radius 1 is 1.25 bits per heavy atom. The SMILES string of the molecule is c1ccc2c(c1)OCCCN2CCSC1CCNCC1. The van der Waals surface area contributed by atoms with Crippen molar-refractivity contribution in [1.29, 1.82) is 0 Å². The molecule has 4 heteroatoms. The molecule has 0 bridgehead atoms. The molecule has 0 aromatic heterocycles. The summed E-state index contributed by atoms with van der Waals surface area (Å²) < 4.78 is 5.82. The van der Waals surface area contributed by atoms with Crippen LogP contribution in [0.15, 0.2) is 24.3 Å². The van der Waals surface area contributed by atoms with E-state index in [1.54, 1.807) is 0 Å². The van der Waals surface area contributed by atoms with Crippen LogP contribution in [0.25, 0.3) is 0 Å². The average Bonchev–Trinajstić information content (AvgIpc) is 2.71. The third-order valence-electron chi connectivity index (χ3n) is 4.04. The Labute approximate surface area is 126 Å². The third kappa shape index (κ3) is 3.61. The van der Waals surface area contributed by atoms with Gasteiger partial charge in [-0.05, 0) is 44.5 Å². The van der Waals surface area contributed by atoms with E-state index in [1.165, 1.54) is 37.4 Å². The molecular weight excluding hydrogens is 268 g/mol. The van der Waals surface area contributed by atoms with E-state index < -0.39 is 0 Å². The highest BCUT2D eigenvalue weighted by Gasteiger charge is 2.17. The zero-order chi connectivity index (χ0) is 13.6. The molecular formula is C16H24N2OS. The number of rotatable bonds is 4. The number of nitrogens with zero attached hydrogens (tertiary/aromatic N) is 1. The summed E-state index contributed by atoms with van der Waals surface area (Å²) in [6.45, 7) is 5.48. The van der Waals surface area contributed by atoms with Gasteiger partial charge in [0.2, 0.25) is 0 Å². The lowest BCUT2D eigenvalue weighted by atomic mass is 10.2. The minimum absolute atomic E-state index is 0.842. The molecule has 1 saturated heterocycles. The average molecular weight is 292 g/mol. The van der Waals surface area contributed by atoms with Crippen molar-refractivity contribution < 1.29 is 4.74 Å². The van der Waals surface area contributed by atoms with Gasteiger partial charge in [0, 0.05) is 24.1 Å². The van der Waals surface area contributed by atoms with Gasteiger partial charge in [-0.3, -0.25) is 0 Å². The molecule has 1 aromatic rings. The summed E-state index contributed by atoms with van der Waals surface area (Å²) >= 11 is 2.15. The van der Waals surface area contributed by atoms with Crippen molar-refractivity contribution in [3.05, 3.63) is 24.3 Å². The van der Waals surface area contributed by atoms with Gasteiger partial charge in [-0.1, -0.05) is 12.1 Å². The highest BCUT2D eigenvalue weighted by Crippen LogP contribution is 2.31. The van der Waals surface area contributed by atoms with E-state index in [0.29, 0.717) is 0 Å². The molecule has 1 N–H and O–H groups in total. The summed E-state index contributed by atoms with van der Waals surface area (Å²) in [6, 6.07) is 8.45. The summed E-state index contributed by atoms with van der Waals surface area (Å²) in [7, 11) is 0. The molecule has 2 aliphatic heterocycles. The van der Waals surface area contributed by atoms with Crippen LogP contribution in [0.2, 0.25) is 0 Å². The topological polar surface area (TPSA) is 24.5 Å². The van der Waals surface area contributed by atoms with Crippen molar-refractivity contribution >= 4 is 17.4 Å². The van der Waals surface area contributed by atoms with Crippen molar-refractivity contribution in [2.45, 2.75) is 24.5 Å². The van der Waals surface area contributed by atoms with Crippen LogP contribution in [0.5, 0.6) is 5.75 Å². The Morgan fingerprint density at radius 2 is 2.10 bits per heavy atom. The number of fused-ring (bicyclic) bond motifs is 1. The summed E-state index contributed by atoms with van der Waals surface area (Å²) in [6.07, 6.45) is 3.77. The lowest BCUT2D eigenvalue weighted by Crippen LogP contribution is -2.31. The van der Waals surface area contributed by atoms with Gasteiger partial charge in [-0.15, -0.1) is 0 Å². The Bertz CT molecular complexity index is 421. The summed E-state index contributed by atoms with van der Waals surface area (Å²) in [5.74, 6) is 2.27. The molecule has 0 radical (unpaired) electrons. The highest BCUT2D eigenvalue weighted by molar-refractivity contribution is 7.99. The van der Waals surface area contributed by atoms with Crippen LogP contribution < -0.4 is 15.0 Å². The predicted octanol–water partition coefficient (Wildman–Crippen LogP) is 2.76. The van der Waals surface area contributed by atoms with Gasteiger partial charge in [0.1, 0.15) is 5.75 Å². The number of benzene rings is 1. The molecule has 0 unspecified atom stereocenters. The van der Waals surface area contributed by atoms with Gasteiger partial charge in [-0.2, -0.15) is 11.8 Å². The molecule has 2 aliphatic rings. The molecule has 0 aliphatic carbocycles. The first-order chi connectivity index (χ1) is 9.93. The van der Waals surface area contributed by atoms with E-state index in [1.807, 2.05) is 0 Å². The molecule has 1 fully saturated rings. The predicted molar refractivity (Wildman–Crippen MR) is 87.1 cm³/mol. The number of para-hydroxylation sites is 2. The van der Waals surface area contributed by atoms with Crippen LogP contribution in [-0.4, -0.2) is 43.8 Å². The number of piperidine rings is 1. The third-order valence-corrected chi connectivity index (χ3v) is 5.40. The van der Waals surface area contributed by atoms with Crippen LogP contribution in [0.4, 0.5) is 5.69 Å². The van der Waals surface area contributed by atoms with E-state index in [0.717, 1.165) is 37.1 Å². The molecule has 0 amide bonds. The smallest absolute Gasteiger partial charge is 0.142 e. The van der Waals surface area contributed by atoms with Gasteiger partial charge in [-0.25, -0.2) is 0 Å². The molecule has 0 spiro atoms. The second kappa shape index (κ2) is 7.23. The fourth-order valence-electron chi connectivity index (χ4n) is 2.92. The molecule has 0 saturated carbocycles. The second-order valence-corrected chi connectivity index (χ2v) is 6.89. The lowest BCUT2D eigenvalue weighted by molar-refractivity contribution is 0.322. The van der Waals surface area contributed by atoms with Gasteiger partial charge in [0.05, 0.1) is 12.3 Å². The fourth-order valence-corrected chi connectivity index (χ4v) is 4.15. The first-order valence-corrected chi connectivity index (χ1v) is 8.77. The van der Waals surface area contributed by atoms with E-state index in [2.05, 4.69) is 46.2 Å². The van der Waals surface area contributed by atoms with Gasteiger partial charge in [0.25, 0.3) is 0 Å². The maximum Gasteiger partial charge on any atom is 0.142 e. The Balaban J connectivity index is 1.54. The second-order valence-electron chi connectivity index (χ2n) is 5.48. The van der Waals surface area contributed by atoms with Crippen molar-refractivity contribution in [3.63, 3.8) is 0 Å². The zero-order valence-electron chi connectivity index (χ0n) is 12.0. The summed E-state index contributed by atoms with van der Waals surface area (Å²) in [4.78, 5) is 2.50. The van der Waals surface area contributed by atoms with Crippen LogP contribution in [-0.2, 0) is 0 Å². The zero-order valence-corrected chi connectivity index (χ0v) is 12.8. The van der Waals surface area contributed by atoms with Gasteiger partial charge < -0.3 is 15.0 Å². The number of nitrogens with one attached hydrogen (secondary N) is 1. The number of anilines is 1. The maximum absolute atomic E-state index is 5.82. The quantitative estimate of drug-likeness (QED) is 0.922. The van der Waals surface area contributed by atoms with Crippen molar-refractivity contribution in [2.24, 2.45) is 0 Å². The van der Waals surface area contributed by atoms with E-state index in [4.69, 9.17) is 4.74 Å².